The molecule has 3 unspecified atom stereocenters. The van der Waals surface area contributed by atoms with E-state index in [2.05, 4.69) is 6.92 Å². The minimum atomic E-state index is -0.0382. The van der Waals surface area contributed by atoms with Crippen LogP contribution < -0.4 is 10.5 Å². The molecule has 0 aliphatic carbocycles. The van der Waals surface area contributed by atoms with Crippen molar-refractivity contribution >= 4 is 0 Å². The molecular weight excluding hydrogens is 242 g/mol. The molecule has 1 aliphatic rings. The van der Waals surface area contributed by atoms with Gasteiger partial charge in [0, 0.05) is 24.6 Å². The van der Waals surface area contributed by atoms with Crippen LogP contribution in [0.25, 0.3) is 0 Å². The molecule has 0 bridgehead atoms. The highest BCUT2D eigenvalue weighted by molar-refractivity contribution is 5.36. The van der Waals surface area contributed by atoms with Gasteiger partial charge in [0.05, 0.1) is 19.3 Å². The van der Waals surface area contributed by atoms with Crippen LogP contribution in [0.2, 0.25) is 0 Å². The number of ether oxygens (including phenoxy) is 3. The molecule has 1 fully saturated rings. The molecule has 1 heterocycles. The van der Waals surface area contributed by atoms with E-state index in [1.54, 1.807) is 7.11 Å². The van der Waals surface area contributed by atoms with Crippen LogP contribution in [-0.2, 0) is 9.47 Å². The van der Waals surface area contributed by atoms with Gasteiger partial charge in [-0.25, -0.2) is 0 Å². The Kier molecular flexibility index (Phi) is 5.19. The average molecular weight is 265 g/mol. The van der Waals surface area contributed by atoms with E-state index in [0.717, 1.165) is 24.3 Å². The number of nitrogens with two attached hydrogens (primary N) is 1. The first-order chi connectivity index (χ1) is 9.22. The topological polar surface area (TPSA) is 53.7 Å². The monoisotopic (exact) mass is 265 g/mol. The molecule has 0 saturated carbocycles. The van der Waals surface area contributed by atoms with E-state index < -0.39 is 0 Å². The molecule has 3 atom stereocenters. The first-order valence-corrected chi connectivity index (χ1v) is 6.80. The lowest BCUT2D eigenvalue weighted by atomic mass is 9.91. The Morgan fingerprint density at radius 2 is 2.16 bits per heavy atom. The maximum atomic E-state index is 6.38. The summed E-state index contributed by atoms with van der Waals surface area (Å²) in [5.74, 6) is 1.22. The largest absolute Gasteiger partial charge is 0.491 e. The van der Waals surface area contributed by atoms with Crippen LogP contribution in [0.15, 0.2) is 24.3 Å². The number of methoxy groups -OCH3 is 1. The van der Waals surface area contributed by atoms with Gasteiger partial charge in [-0.2, -0.15) is 0 Å². The van der Waals surface area contributed by atoms with E-state index in [4.69, 9.17) is 19.9 Å². The molecule has 4 heteroatoms. The zero-order valence-corrected chi connectivity index (χ0v) is 11.7. The fourth-order valence-corrected chi connectivity index (χ4v) is 2.48. The van der Waals surface area contributed by atoms with Crippen LogP contribution in [0.1, 0.15) is 24.9 Å². The number of hydrogen-bond acceptors (Lipinski definition) is 4. The summed E-state index contributed by atoms with van der Waals surface area (Å²) in [4.78, 5) is 0. The van der Waals surface area contributed by atoms with E-state index in [1.165, 1.54) is 0 Å². The van der Waals surface area contributed by atoms with Crippen molar-refractivity contribution in [2.75, 3.05) is 26.9 Å². The Morgan fingerprint density at radius 3 is 2.84 bits per heavy atom. The highest BCUT2D eigenvalue weighted by Gasteiger charge is 2.29. The van der Waals surface area contributed by atoms with Crippen molar-refractivity contribution in [2.24, 2.45) is 11.7 Å². The summed E-state index contributed by atoms with van der Waals surface area (Å²) in [6.07, 6.45) is 1.31. The van der Waals surface area contributed by atoms with Crippen LogP contribution in [0.3, 0.4) is 0 Å². The Balaban J connectivity index is 2.05. The summed E-state index contributed by atoms with van der Waals surface area (Å²) >= 11 is 0. The van der Waals surface area contributed by atoms with E-state index in [0.29, 0.717) is 25.2 Å². The Labute approximate surface area is 114 Å². The summed E-state index contributed by atoms with van der Waals surface area (Å²) in [5, 5.41) is 0. The molecule has 0 aromatic heterocycles. The predicted molar refractivity (Wildman–Crippen MR) is 74.3 cm³/mol. The predicted octanol–water partition coefficient (Wildman–Crippen LogP) is 2.14. The van der Waals surface area contributed by atoms with Crippen molar-refractivity contribution in [3.63, 3.8) is 0 Å². The molecule has 19 heavy (non-hydrogen) atoms. The van der Waals surface area contributed by atoms with E-state index in [1.807, 2.05) is 24.3 Å². The van der Waals surface area contributed by atoms with Gasteiger partial charge in [-0.3, -0.25) is 0 Å². The third-order valence-corrected chi connectivity index (χ3v) is 3.56. The minimum Gasteiger partial charge on any atom is -0.491 e. The minimum absolute atomic E-state index is 0.0382. The maximum Gasteiger partial charge on any atom is 0.124 e. The Hall–Kier alpha value is -1.10. The van der Waals surface area contributed by atoms with Crippen molar-refractivity contribution in [2.45, 2.75) is 25.5 Å². The van der Waals surface area contributed by atoms with Gasteiger partial charge >= 0.3 is 0 Å². The quantitative estimate of drug-likeness (QED) is 0.801. The molecule has 1 saturated heterocycles. The fraction of sp³-hybridized carbons (Fsp3) is 0.600. The lowest BCUT2D eigenvalue weighted by Gasteiger charge is -2.21. The average Bonchev–Trinajstić information content (AvgIpc) is 2.85. The van der Waals surface area contributed by atoms with Crippen LogP contribution >= 0.6 is 0 Å². The Morgan fingerprint density at radius 1 is 1.37 bits per heavy atom. The number of benzene rings is 1. The standard InChI is InChI=1S/C15H23NO3/c1-11-9-12(10-19-11)15(16)13-5-3-4-6-14(13)18-8-7-17-2/h3-6,11-12,15H,7-10,16H2,1-2H3. The third-order valence-electron chi connectivity index (χ3n) is 3.56. The third kappa shape index (κ3) is 3.69. The van der Waals surface area contributed by atoms with Gasteiger partial charge in [-0.1, -0.05) is 18.2 Å². The number of rotatable bonds is 6. The molecule has 106 valence electrons. The number of hydrogen-bond donors (Lipinski definition) is 1. The van der Waals surface area contributed by atoms with E-state index >= 15 is 0 Å². The maximum absolute atomic E-state index is 6.38. The van der Waals surface area contributed by atoms with Crippen molar-refractivity contribution in [1.29, 1.82) is 0 Å². The van der Waals surface area contributed by atoms with Gasteiger partial charge in [-0.15, -0.1) is 0 Å². The molecule has 0 spiro atoms. The molecule has 0 amide bonds. The summed E-state index contributed by atoms with van der Waals surface area (Å²) in [6, 6.07) is 7.92. The van der Waals surface area contributed by atoms with Gasteiger partial charge in [-0.05, 0) is 19.4 Å². The first-order valence-electron chi connectivity index (χ1n) is 6.80. The van der Waals surface area contributed by atoms with Crippen LogP contribution in [0.5, 0.6) is 5.75 Å². The Bertz CT molecular complexity index is 397. The second-order valence-electron chi connectivity index (χ2n) is 5.04. The van der Waals surface area contributed by atoms with Crippen molar-refractivity contribution in [1.82, 2.24) is 0 Å². The second kappa shape index (κ2) is 6.89. The molecule has 1 aromatic carbocycles. The van der Waals surface area contributed by atoms with Gasteiger partial charge in [0.25, 0.3) is 0 Å². The molecule has 1 aliphatic heterocycles. The van der Waals surface area contributed by atoms with Crippen LogP contribution in [0.4, 0.5) is 0 Å². The lowest BCUT2D eigenvalue weighted by molar-refractivity contribution is 0.118. The highest BCUT2D eigenvalue weighted by atomic mass is 16.5. The lowest BCUT2D eigenvalue weighted by Crippen LogP contribution is -2.22. The SMILES string of the molecule is COCCOc1ccccc1C(N)C1COC(C)C1. The molecule has 2 rings (SSSR count). The zero-order chi connectivity index (χ0) is 13.7. The van der Waals surface area contributed by atoms with Crippen LogP contribution in [-0.4, -0.2) is 33.0 Å². The second-order valence-corrected chi connectivity index (χ2v) is 5.04. The van der Waals surface area contributed by atoms with Gasteiger partial charge in [0.2, 0.25) is 0 Å². The van der Waals surface area contributed by atoms with Crippen molar-refractivity contribution in [3.05, 3.63) is 29.8 Å². The van der Waals surface area contributed by atoms with E-state index in [-0.39, 0.29) is 6.04 Å². The summed E-state index contributed by atoms with van der Waals surface area (Å²) < 4.78 is 16.3. The highest BCUT2D eigenvalue weighted by Crippen LogP contribution is 2.34. The molecule has 4 nitrogen and oxygen atoms in total. The normalized spacial score (nSPS) is 24.4. The smallest absolute Gasteiger partial charge is 0.124 e. The van der Waals surface area contributed by atoms with Crippen molar-refractivity contribution < 1.29 is 14.2 Å². The van der Waals surface area contributed by atoms with Gasteiger partial charge < -0.3 is 19.9 Å². The van der Waals surface area contributed by atoms with Crippen LogP contribution in [0, 0.1) is 5.92 Å². The molecule has 2 N–H and O–H groups in total. The van der Waals surface area contributed by atoms with Gasteiger partial charge in [0.1, 0.15) is 12.4 Å². The summed E-state index contributed by atoms with van der Waals surface area (Å²) in [5.41, 5.74) is 7.43. The zero-order valence-electron chi connectivity index (χ0n) is 11.7. The fourth-order valence-electron chi connectivity index (χ4n) is 2.48. The van der Waals surface area contributed by atoms with E-state index in [9.17, 15) is 0 Å². The summed E-state index contributed by atoms with van der Waals surface area (Å²) in [6.45, 7) is 3.94. The molecular formula is C15H23NO3. The van der Waals surface area contributed by atoms with Gasteiger partial charge in [0.15, 0.2) is 0 Å². The first kappa shape index (κ1) is 14.3. The van der Waals surface area contributed by atoms with Crippen molar-refractivity contribution in [3.8, 4) is 5.75 Å². The number of para-hydroxylation sites is 1. The summed E-state index contributed by atoms with van der Waals surface area (Å²) in [7, 11) is 1.66. The molecule has 0 radical (unpaired) electrons. The molecule has 1 aromatic rings.